The van der Waals surface area contributed by atoms with Crippen molar-refractivity contribution in [2.45, 2.75) is 33.7 Å². The predicted octanol–water partition coefficient (Wildman–Crippen LogP) is 4.93. The summed E-state index contributed by atoms with van der Waals surface area (Å²) in [4.78, 5) is 45.4. The number of aliphatic hydroxyl groups excluding tert-OH is 1. The van der Waals surface area contributed by atoms with E-state index in [0.717, 1.165) is 22.5 Å². The lowest BCUT2D eigenvalue weighted by atomic mass is 9.96. The molecule has 1 aromatic carbocycles. The average molecular weight is 483 g/mol. The average Bonchev–Trinajstić information content (AvgIpc) is 3.49. The van der Waals surface area contributed by atoms with Gasteiger partial charge in [0.15, 0.2) is 5.13 Å². The Labute approximate surface area is 199 Å². The SMILES string of the molecule is CCOC(=O)c1sc(N2C(=O)C(=O)C(=C(O)c3cc(C)ccc3C)C2c2cccs2)nc1C. The monoisotopic (exact) mass is 482 g/mol. The number of hydrogen-bond donors (Lipinski definition) is 1. The maximum absolute atomic E-state index is 13.2. The number of hydrogen-bond acceptors (Lipinski definition) is 8. The summed E-state index contributed by atoms with van der Waals surface area (Å²) >= 11 is 2.36. The second kappa shape index (κ2) is 8.92. The Hall–Kier alpha value is -3.30. The molecule has 2 aromatic heterocycles. The number of benzene rings is 1. The molecule has 7 nitrogen and oxygen atoms in total. The van der Waals surface area contributed by atoms with Gasteiger partial charge in [0.05, 0.1) is 17.9 Å². The summed E-state index contributed by atoms with van der Waals surface area (Å²) in [6, 6.07) is 8.32. The van der Waals surface area contributed by atoms with E-state index < -0.39 is 23.7 Å². The molecule has 1 unspecified atom stereocenters. The molecule has 0 spiro atoms. The van der Waals surface area contributed by atoms with Crippen LogP contribution in [0.2, 0.25) is 0 Å². The quantitative estimate of drug-likeness (QED) is 0.240. The number of thiophene rings is 1. The number of amides is 1. The summed E-state index contributed by atoms with van der Waals surface area (Å²) in [5.74, 6) is -2.35. The first-order valence-electron chi connectivity index (χ1n) is 10.3. The fraction of sp³-hybridized carbons (Fsp3) is 0.250. The highest BCUT2D eigenvalue weighted by Gasteiger charge is 2.49. The maximum Gasteiger partial charge on any atom is 0.350 e. The molecule has 0 radical (unpaired) electrons. The van der Waals surface area contributed by atoms with Gasteiger partial charge in [0, 0.05) is 10.4 Å². The number of carbonyl (C=O) groups excluding carboxylic acids is 3. The molecular formula is C24H22N2O5S2. The van der Waals surface area contributed by atoms with Gasteiger partial charge < -0.3 is 9.84 Å². The van der Waals surface area contributed by atoms with Gasteiger partial charge in [-0.15, -0.1) is 11.3 Å². The maximum atomic E-state index is 13.2. The molecule has 9 heteroatoms. The zero-order valence-electron chi connectivity index (χ0n) is 18.5. The fourth-order valence-electron chi connectivity index (χ4n) is 3.75. The third-order valence-corrected chi connectivity index (χ3v) is 7.42. The number of nitrogens with zero attached hydrogens (tertiary/aromatic N) is 2. The highest BCUT2D eigenvalue weighted by Crippen LogP contribution is 2.45. The fourth-order valence-corrected chi connectivity index (χ4v) is 5.56. The smallest absolute Gasteiger partial charge is 0.350 e. The van der Waals surface area contributed by atoms with Gasteiger partial charge in [-0.25, -0.2) is 9.78 Å². The van der Waals surface area contributed by atoms with Crippen LogP contribution >= 0.6 is 22.7 Å². The molecule has 1 amide bonds. The number of thiazole rings is 1. The zero-order valence-corrected chi connectivity index (χ0v) is 20.2. The summed E-state index contributed by atoms with van der Waals surface area (Å²) in [5, 5.41) is 13.3. The Balaban J connectivity index is 1.91. The Bertz CT molecular complexity index is 1290. The summed E-state index contributed by atoms with van der Waals surface area (Å²) < 4.78 is 5.09. The molecule has 3 aromatic rings. The van der Waals surface area contributed by atoms with Gasteiger partial charge >= 0.3 is 11.9 Å². The van der Waals surface area contributed by atoms with Crippen LogP contribution in [0.3, 0.4) is 0 Å². The second-order valence-electron chi connectivity index (χ2n) is 7.63. The molecule has 4 rings (SSSR count). The van der Waals surface area contributed by atoms with E-state index in [4.69, 9.17) is 4.74 Å². The molecule has 1 atom stereocenters. The van der Waals surface area contributed by atoms with Gasteiger partial charge in [0.25, 0.3) is 5.78 Å². The van der Waals surface area contributed by atoms with Crippen molar-refractivity contribution in [3.8, 4) is 0 Å². The highest BCUT2D eigenvalue weighted by molar-refractivity contribution is 7.18. The van der Waals surface area contributed by atoms with Crippen LogP contribution < -0.4 is 4.90 Å². The number of ether oxygens (including phenoxy) is 1. The van der Waals surface area contributed by atoms with Crippen LogP contribution in [0.4, 0.5) is 5.13 Å². The van der Waals surface area contributed by atoms with Crippen molar-refractivity contribution >= 4 is 51.2 Å². The Morgan fingerprint density at radius 3 is 2.64 bits per heavy atom. The van der Waals surface area contributed by atoms with E-state index in [-0.39, 0.29) is 27.9 Å². The highest BCUT2D eigenvalue weighted by atomic mass is 32.1. The first kappa shape index (κ1) is 22.9. The number of anilines is 1. The van der Waals surface area contributed by atoms with Gasteiger partial charge in [0.1, 0.15) is 16.7 Å². The summed E-state index contributed by atoms with van der Waals surface area (Å²) in [7, 11) is 0. The number of rotatable bonds is 5. The number of ketones is 1. The van der Waals surface area contributed by atoms with Crippen LogP contribution in [0, 0.1) is 20.8 Å². The topological polar surface area (TPSA) is 96.8 Å². The number of esters is 1. The van der Waals surface area contributed by atoms with Crippen LogP contribution in [-0.4, -0.2) is 34.4 Å². The Kier molecular flexibility index (Phi) is 6.18. The van der Waals surface area contributed by atoms with Crippen molar-refractivity contribution in [3.63, 3.8) is 0 Å². The number of Topliss-reactive ketones (excluding diaryl/α,β-unsaturated/α-hetero) is 1. The number of aromatic nitrogens is 1. The molecule has 0 aliphatic carbocycles. The van der Waals surface area contributed by atoms with Crippen LogP contribution in [0.1, 0.15) is 49.9 Å². The lowest BCUT2D eigenvalue weighted by Gasteiger charge is -2.21. The molecule has 1 aliphatic heterocycles. The van der Waals surface area contributed by atoms with Crippen molar-refractivity contribution in [2.24, 2.45) is 0 Å². The molecule has 0 bridgehead atoms. The van der Waals surface area contributed by atoms with Gasteiger partial charge in [-0.05, 0) is 50.8 Å². The molecule has 33 heavy (non-hydrogen) atoms. The molecule has 3 heterocycles. The van der Waals surface area contributed by atoms with E-state index >= 15 is 0 Å². The van der Waals surface area contributed by atoms with E-state index in [9.17, 15) is 19.5 Å². The van der Waals surface area contributed by atoms with Crippen LogP contribution in [0.25, 0.3) is 5.76 Å². The van der Waals surface area contributed by atoms with E-state index in [1.807, 2.05) is 37.4 Å². The lowest BCUT2D eigenvalue weighted by molar-refractivity contribution is -0.132. The van der Waals surface area contributed by atoms with Crippen molar-refractivity contribution in [3.05, 3.63) is 73.4 Å². The van der Waals surface area contributed by atoms with Gasteiger partial charge in [0.2, 0.25) is 0 Å². The third kappa shape index (κ3) is 3.98. The van der Waals surface area contributed by atoms with Crippen molar-refractivity contribution in [1.29, 1.82) is 0 Å². The standard InChI is InChI=1S/C24H22N2O5S2/c1-5-31-23(30)21-14(4)25-24(33-21)26-18(16-7-6-10-32-16)17(20(28)22(26)29)19(27)15-11-12(2)8-9-13(15)3/h6-11,18,27H,5H2,1-4H3. The largest absolute Gasteiger partial charge is 0.507 e. The van der Waals surface area contributed by atoms with Crippen molar-refractivity contribution in [2.75, 3.05) is 11.5 Å². The van der Waals surface area contributed by atoms with Crippen LogP contribution in [-0.2, 0) is 14.3 Å². The minimum Gasteiger partial charge on any atom is -0.507 e. The van der Waals surface area contributed by atoms with Gasteiger partial charge in [-0.1, -0.05) is 35.1 Å². The molecular weight excluding hydrogens is 460 g/mol. The molecule has 1 aliphatic rings. The van der Waals surface area contributed by atoms with Crippen LogP contribution in [0.5, 0.6) is 0 Å². The van der Waals surface area contributed by atoms with Crippen molar-refractivity contribution in [1.82, 2.24) is 4.98 Å². The molecule has 0 saturated carbocycles. The summed E-state index contributed by atoms with van der Waals surface area (Å²) in [5.41, 5.74) is 2.61. The summed E-state index contributed by atoms with van der Waals surface area (Å²) in [6.45, 7) is 7.29. The molecule has 170 valence electrons. The minimum absolute atomic E-state index is 0.00156. The van der Waals surface area contributed by atoms with E-state index in [1.165, 1.54) is 16.2 Å². The molecule has 1 saturated heterocycles. The minimum atomic E-state index is -0.856. The van der Waals surface area contributed by atoms with Gasteiger partial charge in [-0.3, -0.25) is 14.5 Å². The first-order valence-corrected chi connectivity index (χ1v) is 12.0. The van der Waals surface area contributed by atoms with E-state index in [1.54, 1.807) is 26.0 Å². The van der Waals surface area contributed by atoms with E-state index in [0.29, 0.717) is 16.1 Å². The summed E-state index contributed by atoms with van der Waals surface area (Å²) in [6.07, 6.45) is 0. The number of aliphatic hydroxyl groups is 1. The third-order valence-electron chi connectivity index (χ3n) is 5.36. The molecule has 1 fully saturated rings. The molecule has 1 N–H and O–H groups in total. The first-order chi connectivity index (χ1) is 15.7. The Morgan fingerprint density at radius 2 is 1.97 bits per heavy atom. The number of carbonyl (C=O) groups is 3. The Morgan fingerprint density at radius 1 is 1.21 bits per heavy atom. The normalized spacial score (nSPS) is 17.6. The zero-order chi connectivity index (χ0) is 23.9. The van der Waals surface area contributed by atoms with Crippen LogP contribution in [0.15, 0.2) is 41.3 Å². The predicted molar refractivity (Wildman–Crippen MR) is 128 cm³/mol. The van der Waals surface area contributed by atoms with E-state index in [2.05, 4.69) is 4.98 Å². The van der Waals surface area contributed by atoms with Crippen molar-refractivity contribution < 1.29 is 24.2 Å². The number of aryl methyl sites for hydroxylation is 3. The van der Waals surface area contributed by atoms with Gasteiger partial charge in [-0.2, -0.15) is 0 Å². The lowest BCUT2D eigenvalue weighted by Crippen LogP contribution is -2.29. The second-order valence-corrected chi connectivity index (χ2v) is 9.59.